The van der Waals surface area contributed by atoms with E-state index in [0.717, 1.165) is 0 Å². The summed E-state index contributed by atoms with van der Waals surface area (Å²) in [5.41, 5.74) is 0. The van der Waals surface area contributed by atoms with Gasteiger partial charge in [-0.3, -0.25) is 0 Å². The summed E-state index contributed by atoms with van der Waals surface area (Å²) in [6.07, 6.45) is 0. The summed E-state index contributed by atoms with van der Waals surface area (Å²) in [4.78, 5) is 0. The molecule has 0 aliphatic carbocycles. The molecule has 1 aliphatic heterocycles. The van der Waals surface area contributed by atoms with Gasteiger partial charge in [0.15, 0.2) is 0 Å². The Morgan fingerprint density at radius 1 is 1.60 bits per heavy atom. The summed E-state index contributed by atoms with van der Waals surface area (Å²) in [5, 5.41) is 9.03. The molecule has 1 aliphatic rings. The number of aliphatic hydroxyl groups is 1. The zero-order valence-corrected chi connectivity index (χ0v) is 9.57. The number of nitrogens with zero attached hydrogens (tertiary/aromatic N) is 1. The maximum absolute atomic E-state index is 11.8. The number of methoxy groups -OCH3 is 1. The van der Waals surface area contributed by atoms with Crippen molar-refractivity contribution in [1.29, 1.82) is 0 Å². The first-order valence-electron chi connectivity index (χ1n) is 4.79. The van der Waals surface area contributed by atoms with Gasteiger partial charge in [-0.15, -0.1) is 0 Å². The second kappa shape index (κ2) is 5.76. The highest BCUT2D eigenvalue weighted by molar-refractivity contribution is 7.89. The molecule has 1 atom stereocenters. The van der Waals surface area contributed by atoms with Crippen molar-refractivity contribution in [2.45, 2.75) is 6.04 Å². The predicted octanol–water partition coefficient (Wildman–Crippen LogP) is -1.34. The van der Waals surface area contributed by atoms with Crippen LogP contribution in [0.2, 0.25) is 0 Å². The molecule has 0 radical (unpaired) electrons. The van der Waals surface area contributed by atoms with E-state index in [9.17, 15) is 8.42 Å². The van der Waals surface area contributed by atoms with Gasteiger partial charge in [-0.2, -0.15) is 4.31 Å². The van der Waals surface area contributed by atoms with Crippen LogP contribution >= 0.6 is 0 Å². The molecule has 6 nitrogen and oxygen atoms in total. The lowest BCUT2D eigenvalue weighted by Crippen LogP contribution is -2.51. The van der Waals surface area contributed by atoms with Crippen molar-refractivity contribution in [3.63, 3.8) is 0 Å². The lowest BCUT2D eigenvalue weighted by molar-refractivity contribution is 0.0107. The van der Waals surface area contributed by atoms with E-state index in [4.69, 9.17) is 14.6 Å². The molecule has 0 aromatic carbocycles. The molecule has 1 rings (SSSR count). The Hall–Kier alpha value is -0.210. The van der Waals surface area contributed by atoms with Crippen LogP contribution in [0, 0.1) is 0 Å². The Bertz CT molecular complexity index is 279. The van der Waals surface area contributed by atoms with Crippen molar-refractivity contribution in [3.05, 3.63) is 0 Å². The molecule has 0 spiro atoms. The first-order valence-corrected chi connectivity index (χ1v) is 6.40. The molecule has 90 valence electrons. The van der Waals surface area contributed by atoms with Crippen LogP contribution in [0.1, 0.15) is 0 Å². The maximum Gasteiger partial charge on any atom is 0.216 e. The molecule has 1 saturated heterocycles. The van der Waals surface area contributed by atoms with Crippen molar-refractivity contribution < 1.29 is 23.0 Å². The highest BCUT2D eigenvalue weighted by Crippen LogP contribution is 2.12. The number of hydrogen-bond donors (Lipinski definition) is 1. The zero-order chi connectivity index (χ0) is 11.3. The highest BCUT2D eigenvalue weighted by atomic mass is 32.2. The van der Waals surface area contributed by atoms with Gasteiger partial charge in [-0.1, -0.05) is 0 Å². The monoisotopic (exact) mass is 239 g/mol. The lowest BCUT2D eigenvalue weighted by Gasteiger charge is -2.33. The first kappa shape index (κ1) is 12.9. The van der Waals surface area contributed by atoms with Gasteiger partial charge in [0.2, 0.25) is 10.0 Å². The van der Waals surface area contributed by atoms with Crippen LogP contribution in [0.5, 0.6) is 0 Å². The van der Waals surface area contributed by atoms with Crippen LogP contribution in [0.15, 0.2) is 0 Å². The molecule has 1 N–H and O–H groups in total. The van der Waals surface area contributed by atoms with Gasteiger partial charge in [0.1, 0.15) is 0 Å². The van der Waals surface area contributed by atoms with Crippen LogP contribution < -0.4 is 0 Å². The van der Waals surface area contributed by atoms with Gasteiger partial charge in [0.25, 0.3) is 0 Å². The topological polar surface area (TPSA) is 76.1 Å². The summed E-state index contributed by atoms with van der Waals surface area (Å²) in [6.45, 7) is 0.882. The Morgan fingerprint density at radius 3 is 2.93 bits per heavy atom. The Kier molecular flexibility index (Phi) is 4.94. The average molecular weight is 239 g/mol. The molecule has 0 amide bonds. The summed E-state index contributed by atoms with van der Waals surface area (Å²) in [7, 11) is -1.88. The van der Waals surface area contributed by atoms with Crippen LogP contribution in [0.25, 0.3) is 0 Å². The van der Waals surface area contributed by atoms with E-state index < -0.39 is 16.1 Å². The van der Waals surface area contributed by atoms with E-state index in [-0.39, 0.29) is 25.6 Å². The fraction of sp³-hybridized carbons (Fsp3) is 1.00. The minimum absolute atomic E-state index is 0.0556. The smallest absolute Gasteiger partial charge is 0.216 e. The summed E-state index contributed by atoms with van der Waals surface area (Å²) >= 11 is 0. The summed E-state index contributed by atoms with van der Waals surface area (Å²) < 4.78 is 34.7. The van der Waals surface area contributed by atoms with Crippen molar-refractivity contribution in [3.8, 4) is 0 Å². The van der Waals surface area contributed by atoms with E-state index in [1.165, 1.54) is 11.4 Å². The quantitative estimate of drug-likeness (QED) is 0.642. The normalized spacial score (nSPS) is 24.3. The summed E-state index contributed by atoms with van der Waals surface area (Å²) in [6, 6.07) is -0.458. The molecule has 7 heteroatoms. The number of sulfonamides is 1. The van der Waals surface area contributed by atoms with E-state index in [1.807, 2.05) is 0 Å². The fourth-order valence-corrected chi connectivity index (χ4v) is 3.00. The molecular weight excluding hydrogens is 222 g/mol. The highest BCUT2D eigenvalue weighted by Gasteiger charge is 2.31. The molecule has 15 heavy (non-hydrogen) atoms. The van der Waals surface area contributed by atoms with Crippen LogP contribution in [-0.2, 0) is 19.5 Å². The Morgan fingerprint density at radius 2 is 2.33 bits per heavy atom. The standard InChI is InChI=1S/C8H17NO5S/c1-13-4-5-15(11,12)9-2-3-14-7-8(9)6-10/h8,10H,2-7H2,1H3. The van der Waals surface area contributed by atoms with Gasteiger partial charge in [-0.25, -0.2) is 8.42 Å². The van der Waals surface area contributed by atoms with Crippen LogP contribution in [0.4, 0.5) is 0 Å². The number of rotatable bonds is 5. The fourth-order valence-electron chi connectivity index (χ4n) is 1.46. The maximum atomic E-state index is 11.8. The first-order chi connectivity index (χ1) is 7.11. The van der Waals surface area contributed by atoms with Gasteiger partial charge in [0.05, 0.1) is 38.2 Å². The Balaban J connectivity index is 2.65. The van der Waals surface area contributed by atoms with Gasteiger partial charge >= 0.3 is 0 Å². The molecule has 1 unspecified atom stereocenters. The minimum Gasteiger partial charge on any atom is -0.395 e. The third-order valence-corrected chi connectivity index (χ3v) is 4.16. The van der Waals surface area contributed by atoms with E-state index in [0.29, 0.717) is 13.2 Å². The molecule has 0 bridgehead atoms. The van der Waals surface area contributed by atoms with E-state index in [1.54, 1.807) is 0 Å². The molecule has 1 heterocycles. The van der Waals surface area contributed by atoms with Crippen molar-refractivity contribution in [2.75, 3.05) is 45.8 Å². The second-order valence-corrected chi connectivity index (χ2v) is 5.37. The zero-order valence-electron chi connectivity index (χ0n) is 8.76. The predicted molar refractivity (Wildman–Crippen MR) is 54.1 cm³/mol. The molecule has 1 fully saturated rings. The molecule has 0 saturated carbocycles. The third kappa shape index (κ3) is 3.39. The number of aliphatic hydroxyl groups excluding tert-OH is 1. The Labute approximate surface area is 89.8 Å². The van der Waals surface area contributed by atoms with Crippen molar-refractivity contribution in [1.82, 2.24) is 4.31 Å². The average Bonchev–Trinajstić information content (AvgIpc) is 2.26. The van der Waals surface area contributed by atoms with Gasteiger partial charge in [-0.05, 0) is 0 Å². The second-order valence-electron chi connectivity index (χ2n) is 3.33. The largest absolute Gasteiger partial charge is 0.395 e. The van der Waals surface area contributed by atoms with Gasteiger partial charge < -0.3 is 14.6 Å². The minimum atomic E-state index is -3.34. The number of ether oxygens (including phenoxy) is 2. The van der Waals surface area contributed by atoms with Gasteiger partial charge in [0, 0.05) is 13.7 Å². The molecule has 0 aromatic heterocycles. The number of hydrogen-bond acceptors (Lipinski definition) is 5. The van der Waals surface area contributed by atoms with Crippen LogP contribution in [0.3, 0.4) is 0 Å². The lowest BCUT2D eigenvalue weighted by atomic mass is 10.3. The van der Waals surface area contributed by atoms with Crippen molar-refractivity contribution >= 4 is 10.0 Å². The number of morpholine rings is 1. The molecule has 0 aromatic rings. The van der Waals surface area contributed by atoms with Crippen LogP contribution in [-0.4, -0.2) is 69.7 Å². The third-order valence-electron chi connectivity index (χ3n) is 2.29. The van der Waals surface area contributed by atoms with Crippen molar-refractivity contribution in [2.24, 2.45) is 0 Å². The molecular formula is C8H17NO5S. The van der Waals surface area contributed by atoms with E-state index in [2.05, 4.69) is 0 Å². The van der Waals surface area contributed by atoms with E-state index >= 15 is 0 Å². The summed E-state index contributed by atoms with van der Waals surface area (Å²) in [5.74, 6) is -0.0556. The SMILES string of the molecule is COCCS(=O)(=O)N1CCOCC1CO.